The summed E-state index contributed by atoms with van der Waals surface area (Å²) in [7, 11) is 1.39. The Morgan fingerprint density at radius 3 is 2.31 bits per heavy atom. The maximum absolute atomic E-state index is 12.1. The molecule has 29 heavy (non-hydrogen) atoms. The van der Waals surface area contributed by atoms with Gasteiger partial charge in [-0.15, -0.1) is 24.0 Å². The Hall–Kier alpha value is -1.65. The molecule has 2 aromatic carbocycles. The Labute approximate surface area is 191 Å². The molecule has 0 aliphatic carbocycles. The van der Waals surface area contributed by atoms with Gasteiger partial charge in [-0.2, -0.15) is 0 Å². The van der Waals surface area contributed by atoms with Crippen LogP contribution in [0.1, 0.15) is 29.5 Å². The van der Waals surface area contributed by atoms with Crippen LogP contribution >= 0.6 is 24.0 Å². The summed E-state index contributed by atoms with van der Waals surface area (Å²) in [5.74, 6) is 1.07. The van der Waals surface area contributed by atoms with Gasteiger partial charge in [0.05, 0.1) is 4.90 Å². The third-order valence-electron chi connectivity index (χ3n) is 4.57. The van der Waals surface area contributed by atoms with Crippen LogP contribution in [-0.4, -0.2) is 46.4 Å². The van der Waals surface area contributed by atoms with E-state index in [1.54, 1.807) is 19.2 Å². The molecule has 0 amide bonds. The van der Waals surface area contributed by atoms with Crippen molar-refractivity contribution >= 4 is 40.0 Å². The minimum atomic E-state index is -3.40. The Morgan fingerprint density at radius 2 is 1.76 bits per heavy atom. The molecule has 2 aromatic rings. The number of hydrogen-bond acceptors (Lipinski definition) is 3. The topological polar surface area (TPSA) is 73.8 Å². The lowest BCUT2D eigenvalue weighted by atomic mass is 9.99. The van der Waals surface area contributed by atoms with Gasteiger partial charge in [0, 0.05) is 34.2 Å². The number of hydrogen-bond donors (Lipinski definition) is 2. The number of sulfonamides is 1. The first-order valence-corrected chi connectivity index (χ1v) is 10.7. The predicted octanol–water partition coefficient (Wildman–Crippen LogP) is 3.33. The summed E-state index contributed by atoms with van der Waals surface area (Å²) in [6, 6.07) is 15.4. The third kappa shape index (κ3) is 7.27. The van der Waals surface area contributed by atoms with Crippen LogP contribution in [0.4, 0.5) is 0 Å². The van der Waals surface area contributed by atoms with Crippen molar-refractivity contribution in [2.24, 2.45) is 4.99 Å². The zero-order valence-electron chi connectivity index (χ0n) is 17.6. The fourth-order valence-corrected chi connectivity index (χ4v) is 3.64. The van der Waals surface area contributed by atoms with Gasteiger partial charge in [0.1, 0.15) is 0 Å². The zero-order valence-corrected chi connectivity index (χ0v) is 20.8. The second-order valence-corrected chi connectivity index (χ2v) is 9.21. The Kier molecular flexibility index (Phi) is 10.1. The fraction of sp³-hybridized carbons (Fsp3) is 0.381. The van der Waals surface area contributed by atoms with E-state index < -0.39 is 10.0 Å². The molecule has 0 aliphatic rings. The highest BCUT2D eigenvalue weighted by Crippen LogP contribution is 2.16. The van der Waals surface area contributed by atoms with E-state index in [9.17, 15) is 8.42 Å². The average Bonchev–Trinajstić information content (AvgIpc) is 2.68. The summed E-state index contributed by atoms with van der Waals surface area (Å²) in [6.45, 7) is 5.60. The molecule has 1 unspecified atom stereocenters. The highest BCUT2D eigenvalue weighted by molar-refractivity contribution is 14.0. The largest absolute Gasteiger partial charge is 0.356 e. The molecule has 160 valence electrons. The van der Waals surface area contributed by atoms with Crippen LogP contribution < -0.4 is 10.6 Å². The molecule has 0 saturated carbocycles. The first-order valence-electron chi connectivity index (χ1n) is 9.26. The minimum absolute atomic E-state index is 0. The smallest absolute Gasteiger partial charge is 0.242 e. The fourth-order valence-electron chi connectivity index (χ4n) is 2.74. The van der Waals surface area contributed by atoms with E-state index in [0.29, 0.717) is 18.4 Å². The molecular formula is C21H31IN4O2S. The molecule has 2 rings (SSSR count). The second-order valence-electron chi connectivity index (χ2n) is 7.05. The van der Waals surface area contributed by atoms with Crippen molar-refractivity contribution < 1.29 is 8.42 Å². The average molecular weight is 530 g/mol. The van der Waals surface area contributed by atoms with Crippen molar-refractivity contribution in [3.05, 3.63) is 65.2 Å². The number of aryl methyl sites for hydroxylation is 1. The molecule has 2 N–H and O–H groups in total. The zero-order chi connectivity index (χ0) is 20.7. The number of halogens is 1. The van der Waals surface area contributed by atoms with E-state index in [2.05, 4.69) is 53.7 Å². The summed E-state index contributed by atoms with van der Waals surface area (Å²) >= 11 is 0. The van der Waals surface area contributed by atoms with Gasteiger partial charge in [-0.05, 0) is 36.1 Å². The van der Waals surface area contributed by atoms with E-state index in [0.717, 1.165) is 12.1 Å². The number of aliphatic imine (C=N–C) groups is 1. The Balaban J connectivity index is 0.00000420. The van der Waals surface area contributed by atoms with E-state index in [1.165, 1.54) is 29.5 Å². The highest BCUT2D eigenvalue weighted by atomic mass is 127. The Bertz CT molecular complexity index is 913. The monoisotopic (exact) mass is 530 g/mol. The maximum atomic E-state index is 12.1. The molecule has 0 fully saturated rings. The van der Waals surface area contributed by atoms with Crippen LogP contribution in [0.3, 0.4) is 0 Å². The maximum Gasteiger partial charge on any atom is 0.242 e. The van der Waals surface area contributed by atoms with E-state index in [1.807, 2.05) is 12.1 Å². The van der Waals surface area contributed by atoms with Gasteiger partial charge in [0.2, 0.25) is 10.0 Å². The summed E-state index contributed by atoms with van der Waals surface area (Å²) in [5, 5.41) is 6.61. The standard InChI is InChI=1S/C21H30N4O2S.HI/c1-16-7-6-8-19(13-16)17(2)14-23-21(22-3)24-15-18-9-11-20(12-10-18)28(26,27)25(4)5;/h6-13,17H,14-15H2,1-5H3,(H2,22,23,24);1H. The van der Waals surface area contributed by atoms with Crippen molar-refractivity contribution in [1.82, 2.24) is 14.9 Å². The normalized spacial score (nSPS) is 13.0. The van der Waals surface area contributed by atoms with Crippen LogP contribution in [0.25, 0.3) is 0 Å². The van der Waals surface area contributed by atoms with E-state index >= 15 is 0 Å². The number of benzene rings is 2. The molecule has 6 nitrogen and oxygen atoms in total. The van der Waals surface area contributed by atoms with Crippen LogP contribution in [0, 0.1) is 6.92 Å². The molecule has 0 saturated heterocycles. The molecule has 0 spiro atoms. The van der Waals surface area contributed by atoms with Gasteiger partial charge in [-0.25, -0.2) is 12.7 Å². The summed E-state index contributed by atoms with van der Waals surface area (Å²) in [4.78, 5) is 4.55. The lowest BCUT2D eigenvalue weighted by Gasteiger charge is -2.17. The van der Waals surface area contributed by atoms with Crippen LogP contribution in [0.15, 0.2) is 58.4 Å². The molecule has 0 aromatic heterocycles. The first-order chi connectivity index (χ1) is 13.2. The van der Waals surface area contributed by atoms with Crippen molar-refractivity contribution in [3.63, 3.8) is 0 Å². The van der Waals surface area contributed by atoms with Gasteiger partial charge >= 0.3 is 0 Å². The molecule has 1 atom stereocenters. The summed E-state index contributed by atoms with van der Waals surface area (Å²) in [5.41, 5.74) is 3.53. The molecular weight excluding hydrogens is 499 g/mol. The van der Waals surface area contributed by atoms with Gasteiger partial charge < -0.3 is 10.6 Å². The third-order valence-corrected chi connectivity index (χ3v) is 6.40. The van der Waals surface area contributed by atoms with Crippen molar-refractivity contribution in [2.75, 3.05) is 27.7 Å². The van der Waals surface area contributed by atoms with Crippen LogP contribution in [0.2, 0.25) is 0 Å². The van der Waals surface area contributed by atoms with Gasteiger partial charge in [0.15, 0.2) is 5.96 Å². The number of nitrogens with one attached hydrogen (secondary N) is 2. The lowest BCUT2D eigenvalue weighted by molar-refractivity contribution is 0.520. The Morgan fingerprint density at radius 1 is 1.10 bits per heavy atom. The van der Waals surface area contributed by atoms with E-state index in [-0.39, 0.29) is 28.9 Å². The molecule has 8 heteroatoms. The SMILES string of the molecule is CN=C(NCc1ccc(S(=O)(=O)N(C)C)cc1)NCC(C)c1cccc(C)c1.I. The lowest BCUT2D eigenvalue weighted by Crippen LogP contribution is -2.38. The van der Waals surface area contributed by atoms with Crippen molar-refractivity contribution in [3.8, 4) is 0 Å². The second kappa shape index (κ2) is 11.5. The van der Waals surface area contributed by atoms with Gasteiger partial charge in [-0.3, -0.25) is 4.99 Å². The highest BCUT2D eigenvalue weighted by Gasteiger charge is 2.16. The molecule has 0 aliphatic heterocycles. The van der Waals surface area contributed by atoms with Crippen LogP contribution in [-0.2, 0) is 16.6 Å². The molecule has 0 radical (unpaired) electrons. The predicted molar refractivity (Wildman–Crippen MR) is 131 cm³/mol. The summed E-state index contributed by atoms with van der Waals surface area (Å²) < 4.78 is 25.5. The van der Waals surface area contributed by atoms with Crippen molar-refractivity contribution in [1.29, 1.82) is 0 Å². The van der Waals surface area contributed by atoms with Crippen molar-refractivity contribution in [2.45, 2.75) is 31.2 Å². The van der Waals surface area contributed by atoms with E-state index in [4.69, 9.17) is 0 Å². The number of rotatable bonds is 7. The molecule has 0 bridgehead atoms. The number of nitrogens with zero attached hydrogens (tertiary/aromatic N) is 2. The minimum Gasteiger partial charge on any atom is -0.356 e. The summed E-state index contributed by atoms with van der Waals surface area (Å²) in [6.07, 6.45) is 0. The first kappa shape index (κ1) is 25.4. The quantitative estimate of drug-likeness (QED) is 0.327. The molecule has 0 heterocycles. The van der Waals surface area contributed by atoms with Gasteiger partial charge in [0.25, 0.3) is 0 Å². The van der Waals surface area contributed by atoms with Gasteiger partial charge in [-0.1, -0.05) is 48.9 Å². The number of guanidine groups is 1. The van der Waals surface area contributed by atoms with Crippen LogP contribution in [0.5, 0.6) is 0 Å².